The van der Waals surface area contributed by atoms with Crippen LogP contribution in [0, 0.1) is 11.8 Å². The quantitative estimate of drug-likeness (QED) is 0.650. The smallest absolute Gasteiger partial charge is 0.227 e. The van der Waals surface area contributed by atoms with Crippen molar-refractivity contribution >= 4 is 40.1 Å². The molecule has 3 atom stereocenters. The fourth-order valence-corrected chi connectivity index (χ4v) is 6.99. The van der Waals surface area contributed by atoms with Gasteiger partial charge in [0.2, 0.25) is 11.9 Å². The molecule has 2 aromatic heterocycles. The first kappa shape index (κ1) is 21.5. The third-order valence-electron chi connectivity index (χ3n) is 7.55. The summed E-state index contributed by atoms with van der Waals surface area (Å²) < 4.78 is 12.9. The van der Waals surface area contributed by atoms with Crippen molar-refractivity contribution in [3.05, 3.63) is 23.1 Å². The largest absolute Gasteiger partial charge is 0.394 e. The van der Waals surface area contributed by atoms with Crippen LogP contribution in [0.3, 0.4) is 0 Å². The lowest BCUT2D eigenvalue weighted by molar-refractivity contribution is 0.143. The number of rotatable bonds is 5. The highest BCUT2D eigenvalue weighted by atomic mass is 35.5. The Balaban J connectivity index is 1.24. The van der Waals surface area contributed by atoms with Crippen molar-refractivity contribution in [2.45, 2.75) is 42.5 Å². The summed E-state index contributed by atoms with van der Waals surface area (Å²) in [5.41, 5.74) is 0.550. The lowest BCUT2D eigenvalue weighted by Crippen LogP contribution is -2.49. The molecule has 0 radical (unpaired) electrons. The SMILES string of the molecule is O=[S@@]1CCCc2nc(N3C[C@H]4CN(c5ncc(Cl)cn5)C[C@H]4C3)nc(NC3(CO)CCC3)c21. The number of hydrogen-bond donors (Lipinski definition) is 2. The Kier molecular flexibility index (Phi) is 5.42. The molecule has 9 nitrogen and oxygen atoms in total. The van der Waals surface area contributed by atoms with Gasteiger partial charge in [0, 0.05) is 43.8 Å². The maximum atomic E-state index is 12.9. The zero-order valence-corrected chi connectivity index (χ0v) is 20.0. The van der Waals surface area contributed by atoms with Gasteiger partial charge in [-0.3, -0.25) is 4.21 Å². The molecule has 33 heavy (non-hydrogen) atoms. The summed E-state index contributed by atoms with van der Waals surface area (Å²) >= 11 is 5.93. The molecule has 4 aliphatic rings. The predicted octanol–water partition coefficient (Wildman–Crippen LogP) is 1.87. The second-order valence-electron chi connectivity index (χ2n) is 9.75. The number of aryl methyl sites for hydroxylation is 1. The molecule has 2 saturated heterocycles. The Morgan fingerprint density at radius 2 is 1.73 bits per heavy atom. The minimum absolute atomic E-state index is 0.0597. The molecule has 11 heteroatoms. The normalized spacial score (nSPS) is 27.8. The predicted molar refractivity (Wildman–Crippen MR) is 127 cm³/mol. The van der Waals surface area contributed by atoms with Crippen LogP contribution in [0.4, 0.5) is 17.7 Å². The highest BCUT2D eigenvalue weighted by Crippen LogP contribution is 2.39. The standard InChI is InChI=1S/C22H28ClN7O2S/c23-16-7-24-20(25-8-16)29-9-14-11-30(12-15(14)10-29)21-26-17-3-1-6-33(32)18(17)19(27-21)28-22(13-31)4-2-5-22/h7-8,14-15,31H,1-6,9-13H2,(H,26,27,28)/t14-,15+,33-/m1/s1. The van der Waals surface area contributed by atoms with Crippen LogP contribution in [0.15, 0.2) is 17.3 Å². The van der Waals surface area contributed by atoms with Crippen molar-refractivity contribution in [1.29, 1.82) is 0 Å². The highest BCUT2D eigenvalue weighted by molar-refractivity contribution is 7.85. The number of aromatic nitrogens is 4. The van der Waals surface area contributed by atoms with Gasteiger partial charge >= 0.3 is 0 Å². The fourth-order valence-electron chi connectivity index (χ4n) is 5.56. The van der Waals surface area contributed by atoms with Crippen LogP contribution < -0.4 is 15.1 Å². The van der Waals surface area contributed by atoms with Crippen molar-refractivity contribution in [2.75, 3.05) is 53.7 Å². The van der Waals surface area contributed by atoms with Gasteiger partial charge in [-0.15, -0.1) is 0 Å². The van der Waals surface area contributed by atoms with Gasteiger partial charge in [-0.25, -0.2) is 15.0 Å². The molecule has 0 amide bonds. The van der Waals surface area contributed by atoms with E-state index in [1.807, 2.05) is 0 Å². The third-order valence-corrected chi connectivity index (χ3v) is 9.29. The van der Waals surface area contributed by atoms with E-state index in [9.17, 15) is 9.32 Å². The molecule has 2 aromatic rings. The van der Waals surface area contributed by atoms with E-state index < -0.39 is 10.8 Å². The lowest BCUT2D eigenvalue weighted by Gasteiger charge is -2.42. The number of nitrogens with zero attached hydrogens (tertiary/aromatic N) is 6. The van der Waals surface area contributed by atoms with Gasteiger partial charge in [0.15, 0.2) is 0 Å². The van der Waals surface area contributed by atoms with E-state index in [0.717, 1.165) is 74.8 Å². The number of anilines is 3. The van der Waals surface area contributed by atoms with Crippen molar-refractivity contribution < 1.29 is 9.32 Å². The van der Waals surface area contributed by atoms with Gasteiger partial charge < -0.3 is 20.2 Å². The van der Waals surface area contributed by atoms with Crippen LogP contribution in [-0.4, -0.2) is 73.3 Å². The highest BCUT2D eigenvalue weighted by Gasteiger charge is 2.43. The summed E-state index contributed by atoms with van der Waals surface area (Å²) in [7, 11) is -1.10. The Hall–Kier alpha value is -2.04. The van der Waals surface area contributed by atoms with Gasteiger partial charge in [0.1, 0.15) is 10.7 Å². The fraction of sp³-hybridized carbons (Fsp3) is 0.636. The molecule has 0 bridgehead atoms. The summed E-state index contributed by atoms with van der Waals surface area (Å²) in [5.74, 6) is 3.73. The maximum Gasteiger partial charge on any atom is 0.227 e. The molecule has 2 N–H and O–H groups in total. The molecular weight excluding hydrogens is 462 g/mol. The Morgan fingerprint density at radius 1 is 1.06 bits per heavy atom. The van der Waals surface area contributed by atoms with E-state index in [2.05, 4.69) is 25.1 Å². The maximum absolute atomic E-state index is 12.9. The number of nitrogens with one attached hydrogen (secondary N) is 1. The van der Waals surface area contributed by atoms with Crippen molar-refractivity contribution in [1.82, 2.24) is 19.9 Å². The average Bonchev–Trinajstić information content (AvgIpc) is 3.36. The van der Waals surface area contributed by atoms with Crippen LogP contribution in [0.25, 0.3) is 0 Å². The molecule has 0 unspecified atom stereocenters. The molecule has 5 heterocycles. The zero-order valence-electron chi connectivity index (χ0n) is 18.4. The zero-order chi connectivity index (χ0) is 22.6. The summed E-state index contributed by atoms with van der Waals surface area (Å²) in [5, 5.41) is 14.0. The van der Waals surface area contributed by atoms with Crippen LogP contribution in [0.1, 0.15) is 31.4 Å². The molecule has 0 aromatic carbocycles. The molecule has 3 fully saturated rings. The molecule has 1 aliphatic carbocycles. The molecule has 176 valence electrons. The first-order chi connectivity index (χ1) is 16.0. The minimum atomic E-state index is -1.10. The second kappa shape index (κ2) is 8.32. The summed E-state index contributed by atoms with van der Waals surface area (Å²) in [4.78, 5) is 23.8. The van der Waals surface area contributed by atoms with Gasteiger partial charge in [0.05, 0.1) is 46.1 Å². The van der Waals surface area contributed by atoms with Gasteiger partial charge in [-0.2, -0.15) is 4.98 Å². The molecular formula is C22H28ClN7O2S. The van der Waals surface area contributed by atoms with Crippen molar-refractivity contribution in [3.63, 3.8) is 0 Å². The Morgan fingerprint density at radius 3 is 2.33 bits per heavy atom. The van der Waals surface area contributed by atoms with E-state index in [-0.39, 0.29) is 12.1 Å². The monoisotopic (exact) mass is 489 g/mol. The first-order valence-corrected chi connectivity index (χ1v) is 13.4. The van der Waals surface area contributed by atoms with Gasteiger partial charge in [-0.1, -0.05) is 11.6 Å². The molecule has 6 rings (SSSR count). The van der Waals surface area contributed by atoms with E-state index in [4.69, 9.17) is 21.6 Å². The van der Waals surface area contributed by atoms with Crippen LogP contribution >= 0.6 is 11.6 Å². The number of halogens is 1. The number of fused-ring (bicyclic) bond motifs is 2. The van der Waals surface area contributed by atoms with Gasteiger partial charge in [0.25, 0.3) is 0 Å². The van der Waals surface area contributed by atoms with E-state index in [1.54, 1.807) is 12.4 Å². The van der Waals surface area contributed by atoms with E-state index >= 15 is 0 Å². The van der Waals surface area contributed by atoms with Crippen LogP contribution in [-0.2, 0) is 17.2 Å². The Bertz CT molecular complexity index is 1060. The first-order valence-electron chi connectivity index (χ1n) is 11.7. The summed E-state index contributed by atoms with van der Waals surface area (Å²) in [6.07, 6.45) is 7.87. The topological polar surface area (TPSA) is 107 Å². The minimum Gasteiger partial charge on any atom is -0.394 e. The van der Waals surface area contributed by atoms with E-state index in [0.29, 0.717) is 34.4 Å². The van der Waals surface area contributed by atoms with Crippen LogP contribution in [0.2, 0.25) is 5.02 Å². The molecule has 3 aliphatic heterocycles. The van der Waals surface area contributed by atoms with Crippen molar-refractivity contribution in [2.24, 2.45) is 11.8 Å². The van der Waals surface area contributed by atoms with Gasteiger partial charge in [-0.05, 0) is 32.1 Å². The number of aliphatic hydroxyl groups excluding tert-OH is 1. The van der Waals surface area contributed by atoms with E-state index in [1.165, 1.54) is 0 Å². The summed E-state index contributed by atoms with van der Waals surface area (Å²) in [6.45, 7) is 3.61. The molecule has 0 spiro atoms. The third kappa shape index (κ3) is 3.85. The summed E-state index contributed by atoms with van der Waals surface area (Å²) in [6, 6.07) is 0. The lowest BCUT2D eigenvalue weighted by atomic mass is 9.77. The van der Waals surface area contributed by atoms with Crippen molar-refractivity contribution in [3.8, 4) is 0 Å². The Labute approximate surface area is 200 Å². The number of aliphatic hydroxyl groups is 1. The van der Waals surface area contributed by atoms with Crippen LogP contribution in [0.5, 0.6) is 0 Å². The average molecular weight is 490 g/mol. The second-order valence-corrected chi connectivity index (χ2v) is 11.7. The number of hydrogen-bond acceptors (Lipinski definition) is 9. The molecule has 1 saturated carbocycles.